The van der Waals surface area contributed by atoms with Crippen LogP contribution in [0.1, 0.15) is 24.8 Å². The Kier molecular flexibility index (Phi) is 5.66. The number of nitrogens with two attached hydrogens (primary N) is 2. The summed E-state index contributed by atoms with van der Waals surface area (Å²) in [6, 6.07) is 9.34. The van der Waals surface area contributed by atoms with Crippen LogP contribution in [0.2, 0.25) is 0 Å². The molecule has 0 aliphatic carbocycles. The number of hydrogen-bond acceptors (Lipinski definition) is 3. The summed E-state index contributed by atoms with van der Waals surface area (Å²) in [5.41, 5.74) is 12.6. The highest BCUT2D eigenvalue weighted by atomic mass is 16.4. The van der Waals surface area contributed by atoms with Crippen LogP contribution in [0.15, 0.2) is 30.3 Å². The zero-order valence-corrected chi connectivity index (χ0v) is 9.88. The summed E-state index contributed by atoms with van der Waals surface area (Å²) in [7, 11) is 0. The molecule has 4 nitrogen and oxygen atoms in total. The molecule has 1 unspecified atom stereocenters. The smallest absolute Gasteiger partial charge is 0.320 e. The Balaban J connectivity index is 2.22. The first-order valence-electron chi connectivity index (χ1n) is 5.87. The van der Waals surface area contributed by atoms with Gasteiger partial charge in [-0.25, -0.2) is 0 Å². The van der Waals surface area contributed by atoms with Gasteiger partial charge in [0.15, 0.2) is 0 Å². The molecule has 0 spiro atoms. The maximum absolute atomic E-state index is 10.5. The van der Waals surface area contributed by atoms with Gasteiger partial charge in [-0.2, -0.15) is 0 Å². The summed E-state index contributed by atoms with van der Waals surface area (Å²) >= 11 is 0. The predicted octanol–water partition coefficient (Wildman–Crippen LogP) is 1.14. The van der Waals surface area contributed by atoms with Gasteiger partial charge in [-0.1, -0.05) is 30.3 Å². The van der Waals surface area contributed by atoms with E-state index in [1.165, 1.54) is 5.56 Å². The molecule has 17 heavy (non-hydrogen) atoms. The third-order valence-corrected chi connectivity index (χ3v) is 2.75. The molecule has 94 valence electrons. The summed E-state index contributed by atoms with van der Waals surface area (Å²) in [6.45, 7) is 0. The van der Waals surface area contributed by atoms with Crippen molar-refractivity contribution in [1.29, 1.82) is 0 Å². The molecule has 0 heterocycles. The average molecular weight is 236 g/mol. The average Bonchev–Trinajstić information content (AvgIpc) is 2.30. The van der Waals surface area contributed by atoms with Gasteiger partial charge in [-0.05, 0) is 31.2 Å². The minimum Gasteiger partial charge on any atom is -0.480 e. The number of benzene rings is 1. The van der Waals surface area contributed by atoms with Crippen molar-refractivity contribution < 1.29 is 9.90 Å². The highest BCUT2D eigenvalue weighted by Gasteiger charge is 2.11. The summed E-state index contributed by atoms with van der Waals surface area (Å²) in [6.07, 6.45) is 2.86. The van der Waals surface area contributed by atoms with Crippen LogP contribution < -0.4 is 11.5 Å². The Morgan fingerprint density at radius 3 is 2.41 bits per heavy atom. The molecular formula is C13H20N2O2. The van der Waals surface area contributed by atoms with Gasteiger partial charge in [0.05, 0.1) is 0 Å². The van der Waals surface area contributed by atoms with E-state index in [0.29, 0.717) is 6.42 Å². The predicted molar refractivity (Wildman–Crippen MR) is 67.6 cm³/mol. The van der Waals surface area contributed by atoms with Gasteiger partial charge < -0.3 is 16.6 Å². The normalized spacial score (nSPS) is 14.2. The Morgan fingerprint density at radius 1 is 1.18 bits per heavy atom. The topological polar surface area (TPSA) is 89.3 Å². The molecule has 0 saturated heterocycles. The Bertz CT molecular complexity index is 341. The lowest BCUT2D eigenvalue weighted by Gasteiger charge is -2.12. The van der Waals surface area contributed by atoms with E-state index in [4.69, 9.17) is 16.6 Å². The zero-order valence-electron chi connectivity index (χ0n) is 9.88. The first kappa shape index (κ1) is 13.7. The van der Waals surface area contributed by atoms with E-state index in [-0.39, 0.29) is 6.04 Å². The summed E-state index contributed by atoms with van der Waals surface area (Å²) in [4.78, 5) is 10.5. The van der Waals surface area contributed by atoms with Gasteiger partial charge in [-0.3, -0.25) is 4.79 Å². The molecule has 0 amide bonds. The number of rotatable bonds is 7. The van der Waals surface area contributed by atoms with Crippen LogP contribution in [0, 0.1) is 0 Å². The fraction of sp³-hybridized carbons (Fsp3) is 0.462. The number of carboxylic acid groups (broad SMARTS) is 1. The summed E-state index contributed by atoms with van der Waals surface area (Å²) in [5, 5.41) is 8.63. The van der Waals surface area contributed by atoms with Crippen molar-refractivity contribution in [2.75, 3.05) is 0 Å². The molecule has 4 heteroatoms. The standard InChI is InChI=1S/C13H20N2O2/c14-11(7-4-8-12(15)13(16)17)9-10-5-2-1-3-6-10/h1-3,5-6,11-12H,4,7-9,14-15H2,(H,16,17)/t11?,12-/m0/s1. The fourth-order valence-corrected chi connectivity index (χ4v) is 1.74. The lowest BCUT2D eigenvalue weighted by atomic mass is 10.0. The molecular weight excluding hydrogens is 216 g/mol. The second-order valence-electron chi connectivity index (χ2n) is 4.33. The quantitative estimate of drug-likeness (QED) is 0.662. The molecule has 1 rings (SSSR count). The number of hydrogen-bond donors (Lipinski definition) is 3. The molecule has 5 N–H and O–H groups in total. The molecule has 0 aliphatic rings. The maximum Gasteiger partial charge on any atom is 0.320 e. The van der Waals surface area contributed by atoms with Gasteiger partial charge in [0.25, 0.3) is 0 Å². The molecule has 0 bridgehead atoms. The molecule has 1 aromatic carbocycles. The van der Waals surface area contributed by atoms with Gasteiger partial charge in [0, 0.05) is 6.04 Å². The molecule has 0 aliphatic heterocycles. The van der Waals surface area contributed by atoms with Crippen LogP contribution in [0.5, 0.6) is 0 Å². The van der Waals surface area contributed by atoms with Crippen LogP contribution in [0.3, 0.4) is 0 Å². The van der Waals surface area contributed by atoms with E-state index < -0.39 is 12.0 Å². The van der Waals surface area contributed by atoms with E-state index in [2.05, 4.69) is 0 Å². The second-order valence-corrected chi connectivity index (χ2v) is 4.33. The maximum atomic E-state index is 10.5. The molecule has 0 aromatic heterocycles. The Labute approximate surface area is 102 Å². The molecule has 1 aromatic rings. The van der Waals surface area contributed by atoms with Crippen molar-refractivity contribution >= 4 is 5.97 Å². The van der Waals surface area contributed by atoms with Crippen LogP contribution in [0.25, 0.3) is 0 Å². The molecule has 2 atom stereocenters. The minimum absolute atomic E-state index is 0.0680. The Hall–Kier alpha value is -1.39. The van der Waals surface area contributed by atoms with E-state index in [0.717, 1.165) is 19.3 Å². The SMILES string of the molecule is NC(CCC[C@H](N)C(=O)O)Cc1ccccc1. The zero-order chi connectivity index (χ0) is 12.7. The van der Waals surface area contributed by atoms with E-state index in [9.17, 15) is 4.79 Å². The third-order valence-electron chi connectivity index (χ3n) is 2.75. The van der Waals surface area contributed by atoms with Crippen molar-refractivity contribution in [2.45, 2.75) is 37.8 Å². The number of carboxylic acids is 1. The first-order valence-corrected chi connectivity index (χ1v) is 5.87. The highest BCUT2D eigenvalue weighted by molar-refractivity contribution is 5.72. The Morgan fingerprint density at radius 2 is 1.82 bits per heavy atom. The van der Waals surface area contributed by atoms with Crippen LogP contribution in [0.4, 0.5) is 0 Å². The number of carbonyl (C=O) groups is 1. The van der Waals surface area contributed by atoms with Gasteiger partial charge in [0.2, 0.25) is 0 Å². The highest BCUT2D eigenvalue weighted by Crippen LogP contribution is 2.08. The lowest BCUT2D eigenvalue weighted by Crippen LogP contribution is -2.31. The van der Waals surface area contributed by atoms with Crippen molar-refractivity contribution in [1.82, 2.24) is 0 Å². The first-order chi connectivity index (χ1) is 8.09. The third kappa shape index (κ3) is 5.47. The van der Waals surface area contributed by atoms with Crippen LogP contribution in [-0.4, -0.2) is 23.2 Å². The van der Waals surface area contributed by atoms with Gasteiger partial charge >= 0.3 is 5.97 Å². The van der Waals surface area contributed by atoms with Crippen molar-refractivity contribution in [3.63, 3.8) is 0 Å². The monoisotopic (exact) mass is 236 g/mol. The largest absolute Gasteiger partial charge is 0.480 e. The van der Waals surface area contributed by atoms with Crippen molar-refractivity contribution in [3.05, 3.63) is 35.9 Å². The molecule has 0 radical (unpaired) electrons. The summed E-state index contributed by atoms with van der Waals surface area (Å²) < 4.78 is 0. The van der Waals surface area contributed by atoms with Crippen LogP contribution >= 0.6 is 0 Å². The molecule has 0 fully saturated rings. The fourth-order valence-electron chi connectivity index (χ4n) is 1.74. The lowest BCUT2D eigenvalue weighted by molar-refractivity contribution is -0.138. The minimum atomic E-state index is -0.943. The van der Waals surface area contributed by atoms with Crippen LogP contribution in [-0.2, 0) is 11.2 Å². The summed E-state index contributed by atoms with van der Waals surface area (Å²) in [5.74, 6) is -0.943. The number of aliphatic carboxylic acids is 1. The van der Waals surface area contributed by atoms with Gasteiger partial charge in [0.1, 0.15) is 6.04 Å². The van der Waals surface area contributed by atoms with E-state index in [1.54, 1.807) is 0 Å². The second kappa shape index (κ2) is 7.04. The van der Waals surface area contributed by atoms with E-state index >= 15 is 0 Å². The van der Waals surface area contributed by atoms with Crippen molar-refractivity contribution in [2.24, 2.45) is 11.5 Å². The van der Waals surface area contributed by atoms with Gasteiger partial charge in [-0.15, -0.1) is 0 Å². The van der Waals surface area contributed by atoms with E-state index in [1.807, 2.05) is 30.3 Å². The molecule has 0 saturated carbocycles. The van der Waals surface area contributed by atoms with Crippen molar-refractivity contribution in [3.8, 4) is 0 Å².